The molecule has 1 fully saturated rings. The first kappa shape index (κ1) is 11.5. The average molecular weight is 200 g/mol. The lowest BCUT2D eigenvalue weighted by molar-refractivity contribution is -0.128. The number of hydrogen-bond donors (Lipinski definition) is 2. The molecule has 0 radical (unpaired) electrons. The van der Waals surface area contributed by atoms with Crippen LogP contribution in [0.3, 0.4) is 0 Å². The lowest BCUT2D eigenvalue weighted by Gasteiger charge is -2.23. The number of rotatable bonds is 4. The third-order valence-corrected chi connectivity index (χ3v) is 2.84. The fraction of sp³-hybridized carbons (Fsp3) is 0.900. The van der Waals surface area contributed by atoms with Crippen molar-refractivity contribution in [2.24, 2.45) is 5.92 Å². The van der Waals surface area contributed by atoms with Crippen LogP contribution >= 0.6 is 0 Å². The minimum absolute atomic E-state index is 0.0236. The fourth-order valence-electron chi connectivity index (χ4n) is 1.69. The molecule has 2 atom stereocenters. The van der Waals surface area contributed by atoms with Gasteiger partial charge in [0.1, 0.15) is 0 Å². The summed E-state index contributed by atoms with van der Waals surface area (Å²) in [6.07, 6.45) is 0.846. The van der Waals surface area contributed by atoms with Crippen LogP contribution in [0.5, 0.6) is 0 Å². The molecule has 0 saturated carbocycles. The number of aliphatic hydroxyl groups excluding tert-OH is 1. The molecule has 82 valence electrons. The van der Waals surface area contributed by atoms with E-state index in [4.69, 9.17) is 5.11 Å². The Morgan fingerprint density at radius 1 is 1.64 bits per heavy atom. The van der Waals surface area contributed by atoms with E-state index in [0.717, 1.165) is 13.0 Å². The molecule has 0 bridgehead atoms. The molecule has 1 aliphatic rings. The van der Waals surface area contributed by atoms with Crippen molar-refractivity contribution in [1.82, 2.24) is 10.2 Å². The Balaban J connectivity index is 2.47. The normalized spacial score (nSPS) is 24.8. The first-order valence-electron chi connectivity index (χ1n) is 5.18. The zero-order chi connectivity index (χ0) is 10.7. The number of carbonyl (C=O) groups is 1. The molecule has 2 N–H and O–H groups in total. The van der Waals surface area contributed by atoms with E-state index in [2.05, 4.69) is 5.32 Å². The number of nitrogens with one attached hydrogen (secondary N) is 1. The Labute approximate surface area is 85.3 Å². The maximum Gasteiger partial charge on any atom is 0.239 e. The van der Waals surface area contributed by atoms with Crippen LogP contribution in [0.15, 0.2) is 0 Å². The molecule has 0 aromatic heterocycles. The Morgan fingerprint density at radius 2 is 2.29 bits per heavy atom. The second-order valence-electron chi connectivity index (χ2n) is 4.30. The molecule has 1 amide bonds. The van der Waals surface area contributed by atoms with Crippen LogP contribution in [0, 0.1) is 5.92 Å². The molecule has 1 aliphatic heterocycles. The standard InChI is InChI=1S/C10H20N2O2/c1-7(2)9(6-13)11-8-4-5-12(3)10(8)14/h7-9,11,13H,4-6H2,1-3H3. The van der Waals surface area contributed by atoms with Crippen molar-refractivity contribution in [2.75, 3.05) is 20.2 Å². The molecule has 1 saturated heterocycles. The number of amides is 1. The van der Waals surface area contributed by atoms with E-state index in [9.17, 15) is 4.79 Å². The van der Waals surface area contributed by atoms with Gasteiger partial charge in [0.2, 0.25) is 5.91 Å². The second-order valence-corrected chi connectivity index (χ2v) is 4.30. The van der Waals surface area contributed by atoms with E-state index >= 15 is 0 Å². The first-order valence-corrected chi connectivity index (χ1v) is 5.18. The maximum atomic E-state index is 11.6. The van der Waals surface area contributed by atoms with Crippen molar-refractivity contribution in [3.63, 3.8) is 0 Å². The number of nitrogens with zero attached hydrogens (tertiary/aromatic N) is 1. The molecule has 1 heterocycles. The summed E-state index contributed by atoms with van der Waals surface area (Å²) in [6.45, 7) is 4.98. The summed E-state index contributed by atoms with van der Waals surface area (Å²) in [5.74, 6) is 0.489. The van der Waals surface area contributed by atoms with Gasteiger partial charge in [-0.3, -0.25) is 4.79 Å². The number of aliphatic hydroxyl groups is 1. The van der Waals surface area contributed by atoms with E-state index in [1.807, 2.05) is 20.9 Å². The summed E-state index contributed by atoms with van der Waals surface area (Å²) in [7, 11) is 1.81. The largest absolute Gasteiger partial charge is 0.395 e. The SMILES string of the molecule is CC(C)C(CO)NC1CCN(C)C1=O. The Bertz CT molecular complexity index is 206. The molecule has 0 aliphatic carbocycles. The molecule has 0 aromatic rings. The van der Waals surface area contributed by atoms with Gasteiger partial charge in [-0.1, -0.05) is 13.8 Å². The quantitative estimate of drug-likeness (QED) is 0.662. The number of likely N-dealkylation sites (tertiary alicyclic amines) is 1. The van der Waals surface area contributed by atoms with E-state index in [1.165, 1.54) is 0 Å². The molecule has 1 rings (SSSR count). The van der Waals surface area contributed by atoms with Gasteiger partial charge in [-0.2, -0.15) is 0 Å². The van der Waals surface area contributed by atoms with Crippen LogP contribution in [0.25, 0.3) is 0 Å². The molecule has 0 aromatic carbocycles. The molecule has 2 unspecified atom stereocenters. The second kappa shape index (κ2) is 4.75. The van der Waals surface area contributed by atoms with Gasteiger partial charge >= 0.3 is 0 Å². The highest BCUT2D eigenvalue weighted by Gasteiger charge is 2.30. The zero-order valence-corrected chi connectivity index (χ0v) is 9.16. The highest BCUT2D eigenvalue weighted by molar-refractivity contribution is 5.83. The van der Waals surface area contributed by atoms with E-state index in [0.29, 0.717) is 5.92 Å². The fourth-order valence-corrected chi connectivity index (χ4v) is 1.69. The third-order valence-electron chi connectivity index (χ3n) is 2.84. The summed E-state index contributed by atoms with van der Waals surface area (Å²) >= 11 is 0. The summed E-state index contributed by atoms with van der Waals surface area (Å²) in [6, 6.07) is -0.0741. The van der Waals surface area contributed by atoms with Crippen LogP contribution in [-0.4, -0.2) is 48.2 Å². The third kappa shape index (κ3) is 2.45. The predicted molar refractivity (Wildman–Crippen MR) is 54.9 cm³/mol. The zero-order valence-electron chi connectivity index (χ0n) is 9.16. The first-order chi connectivity index (χ1) is 6.56. The van der Waals surface area contributed by atoms with Crippen LogP contribution in [0.2, 0.25) is 0 Å². The van der Waals surface area contributed by atoms with Gasteiger partial charge < -0.3 is 15.3 Å². The Kier molecular flexibility index (Phi) is 3.89. The minimum atomic E-state index is -0.0976. The topological polar surface area (TPSA) is 52.6 Å². The van der Waals surface area contributed by atoms with Gasteiger partial charge in [-0.15, -0.1) is 0 Å². The van der Waals surface area contributed by atoms with Crippen LogP contribution in [0.4, 0.5) is 0 Å². The maximum absolute atomic E-state index is 11.6. The molecular formula is C10H20N2O2. The van der Waals surface area contributed by atoms with Crippen molar-refractivity contribution >= 4 is 5.91 Å². The summed E-state index contributed by atoms with van der Waals surface area (Å²) in [5.41, 5.74) is 0. The van der Waals surface area contributed by atoms with Crippen molar-refractivity contribution in [2.45, 2.75) is 32.4 Å². The van der Waals surface area contributed by atoms with Crippen molar-refractivity contribution in [1.29, 1.82) is 0 Å². The van der Waals surface area contributed by atoms with Crippen molar-refractivity contribution in [3.8, 4) is 0 Å². The van der Waals surface area contributed by atoms with Crippen molar-refractivity contribution in [3.05, 3.63) is 0 Å². The van der Waals surface area contributed by atoms with Gasteiger partial charge in [-0.05, 0) is 12.3 Å². The molecular weight excluding hydrogens is 180 g/mol. The monoisotopic (exact) mass is 200 g/mol. The molecule has 4 heteroatoms. The van der Waals surface area contributed by atoms with Crippen LogP contribution in [-0.2, 0) is 4.79 Å². The highest BCUT2D eigenvalue weighted by Crippen LogP contribution is 2.11. The molecule has 0 spiro atoms. The summed E-state index contributed by atoms with van der Waals surface area (Å²) in [5, 5.41) is 12.3. The Morgan fingerprint density at radius 3 is 2.64 bits per heavy atom. The van der Waals surface area contributed by atoms with Crippen molar-refractivity contribution < 1.29 is 9.90 Å². The lowest BCUT2D eigenvalue weighted by atomic mass is 10.0. The number of hydrogen-bond acceptors (Lipinski definition) is 3. The molecule has 4 nitrogen and oxygen atoms in total. The Hall–Kier alpha value is -0.610. The average Bonchev–Trinajstić information content (AvgIpc) is 2.44. The number of likely N-dealkylation sites (N-methyl/N-ethyl adjacent to an activating group) is 1. The van der Waals surface area contributed by atoms with Crippen LogP contribution < -0.4 is 5.32 Å². The van der Waals surface area contributed by atoms with E-state index < -0.39 is 0 Å². The van der Waals surface area contributed by atoms with E-state index in [-0.39, 0.29) is 24.6 Å². The predicted octanol–water partition coefficient (Wildman–Crippen LogP) is -0.176. The van der Waals surface area contributed by atoms with Crippen LogP contribution in [0.1, 0.15) is 20.3 Å². The number of carbonyl (C=O) groups excluding carboxylic acids is 1. The van der Waals surface area contributed by atoms with Gasteiger partial charge in [0.15, 0.2) is 0 Å². The summed E-state index contributed by atoms with van der Waals surface area (Å²) in [4.78, 5) is 13.3. The lowest BCUT2D eigenvalue weighted by Crippen LogP contribution is -2.47. The van der Waals surface area contributed by atoms with Gasteiger partial charge in [0.25, 0.3) is 0 Å². The highest BCUT2D eigenvalue weighted by atomic mass is 16.3. The van der Waals surface area contributed by atoms with Gasteiger partial charge in [0.05, 0.1) is 12.6 Å². The van der Waals surface area contributed by atoms with Gasteiger partial charge in [-0.25, -0.2) is 0 Å². The summed E-state index contributed by atoms with van der Waals surface area (Å²) < 4.78 is 0. The molecule has 14 heavy (non-hydrogen) atoms. The van der Waals surface area contributed by atoms with Gasteiger partial charge in [0, 0.05) is 19.6 Å². The minimum Gasteiger partial charge on any atom is -0.395 e. The van der Waals surface area contributed by atoms with E-state index in [1.54, 1.807) is 4.90 Å². The smallest absolute Gasteiger partial charge is 0.239 e.